The maximum atomic E-state index is 13.4. The minimum absolute atomic E-state index is 0.0228. The molecule has 1 aromatic heterocycles. The summed E-state index contributed by atoms with van der Waals surface area (Å²) in [5.41, 5.74) is 4.74. The van der Waals surface area contributed by atoms with Crippen molar-refractivity contribution < 1.29 is 13.2 Å². The van der Waals surface area contributed by atoms with Gasteiger partial charge in [0.25, 0.3) is 0 Å². The Balaban J connectivity index is 1.10. The van der Waals surface area contributed by atoms with Gasteiger partial charge >= 0.3 is 0 Å². The summed E-state index contributed by atoms with van der Waals surface area (Å²) in [4.78, 5) is 23.0. The summed E-state index contributed by atoms with van der Waals surface area (Å²) in [5, 5.41) is 0.721. The highest BCUT2D eigenvalue weighted by Gasteiger charge is 2.36. The van der Waals surface area contributed by atoms with E-state index in [0.29, 0.717) is 50.3 Å². The molecule has 1 amide bonds. The molecule has 2 aromatic carbocycles. The zero-order chi connectivity index (χ0) is 29.4. The molecule has 2 aliphatic heterocycles. The van der Waals surface area contributed by atoms with Gasteiger partial charge in [0.15, 0.2) is 0 Å². The third kappa shape index (κ3) is 6.21. The normalized spacial score (nSPS) is 20.5. The number of hydrogen-bond acceptors (Lipinski definition) is 5. The van der Waals surface area contributed by atoms with Crippen LogP contribution in [0, 0.1) is 5.92 Å². The van der Waals surface area contributed by atoms with Crippen LogP contribution in [0.25, 0.3) is 0 Å². The third-order valence-corrected chi connectivity index (χ3v) is 12.0. The molecule has 7 nitrogen and oxygen atoms in total. The predicted molar refractivity (Wildman–Crippen MR) is 171 cm³/mol. The summed E-state index contributed by atoms with van der Waals surface area (Å²) in [6.45, 7) is 3.70. The number of halogens is 3. The van der Waals surface area contributed by atoms with Crippen LogP contribution in [0.15, 0.2) is 68.6 Å². The van der Waals surface area contributed by atoms with Gasteiger partial charge in [-0.05, 0) is 94.6 Å². The number of piperidine rings is 1. The summed E-state index contributed by atoms with van der Waals surface area (Å²) < 4.78 is 29.5. The van der Waals surface area contributed by atoms with Gasteiger partial charge in [0.2, 0.25) is 15.9 Å². The largest absolute Gasteiger partial charge is 0.340 e. The topological polar surface area (TPSA) is 73.8 Å². The Morgan fingerprint density at radius 3 is 2.33 bits per heavy atom. The zero-order valence-electron chi connectivity index (χ0n) is 23.2. The van der Waals surface area contributed by atoms with E-state index in [0.717, 1.165) is 45.6 Å². The van der Waals surface area contributed by atoms with E-state index in [1.807, 2.05) is 23.2 Å². The van der Waals surface area contributed by atoms with Crippen LogP contribution < -0.4 is 0 Å². The summed E-state index contributed by atoms with van der Waals surface area (Å²) in [6, 6.07) is 14.8. The van der Waals surface area contributed by atoms with E-state index < -0.39 is 10.0 Å². The molecule has 6 rings (SSSR count). The molecule has 0 N–H and O–H groups in total. The van der Waals surface area contributed by atoms with Crippen molar-refractivity contribution >= 4 is 59.4 Å². The first kappa shape index (κ1) is 30.2. The Kier molecular flexibility index (Phi) is 9.10. The monoisotopic (exact) mass is 734 g/mol. The molecule has 222 valence electrons. The Labute approximate surface area is 269 Å². The van der Waals surface area contributed by atoms with Gasteiger partial charge in [-0.15, -0.1) is 0 Å². The Morgan fingerprint density at radius 2 is 1.62 bits per heavy atom. The molecule has 0 unspecified atom stereocenters. The molecule has 1 atom stereocenters. The maximum Gasteiger partial charge on any atom is 0.243 e. The van der Waals surface area contributed by atoms with E-state index in [9.17, 15) is 13.2 Å². The number of benzene rings is 2. The second kappa shape index (κ2) is 12.7. The smallest absolute Gasteiger partial charge is 0.243 e. The molecule has 1 aliphatic carbocycles. The zero-order valence-corrected chi connectivity index (χ0v) is 27.9. The van der Waals surface area contributed by atoms with Crippen molar-refractivity contribution in [2.45, 2.75) is 43.0 Å². The second-order valence-corrected chi connectivity index (χ2v) is 15.5. The molecular weight excluding hydrogens is 704 g/mol. The van der Waals surface area contributed by atoms with Crippen molar-refractivity contribution in [3.63, 3.8) is 0 Å². The summed E-state index contributed by atoms with van der Waals surface area (Å²) in [6.07, 6.45) is 5.52. The highest BCUT2D eigenvalue weighted by molar-refractivity contribution is 9.10. The minimum atomic E-state index is -3.49. The number of aromatic nitrogens is 1. The van der Waals surface area contributed by atoms with Crippen LogP contribution in [0.1, 0.15) is 47.7 Å². The van der Waals surface area contributed by atoms with E-state index in [1.165, 1.54) is 16.7 Å². The lowest BCUT2D eigenvalue weighted by atomic mass is 9.93. The fraction of sp³-hybridized carbons (Fsp3) is 0.419. The van der Waals surface area contributed by atoms with Gasteiger partial charge in [0.1, 0.15) is 0 Å². The Bertz CT molecular complexity index is 1570. The van der Waals surface area contributed by atoms with E-state index in [4.69, 9.17) is 16.6 Å². The molecule has 0 spiro atoms. The minimum Gasteiger partial charge on any atom is -0.340 e. The number of aryl methyl sites for hydroxylation is 2. The van der Waals surface area contributed by atoms with Crippen molar-refractivity contribution in [1.82, 2.24) is 19.1 Å². The summed E-state index contributed by atoms with van der Waals surface area (Å²) in [7, 11) is -3.49. The quantitative estimate of drug-likeness (QED) is 0.318. The van der Waals surface area contributed by atoms with Gasteiger partial charge in [0.05, 0.1) is 16.6 Å². The SMILES string of the molecule is O=C(CC1CCN(S(=O)(=O)c2ccccc2)CC1)N1CCN([C@H]2c3ncc(Br)cc3CCc3cc(Cl)cc(Br)c32)CC1. The van der Waals surface area contributed by atoms with Gasteiger partial charge in [-0.25, -0.2) is 8.42 Å². The average Bonchev–Trinajstić information content (AvgIpc) is 3.15. The predicted octanol–water partition coefficient (Wildman–Crippen LogP) is 6.08. The molecule has 3 aromatic rings. The number of hydrogen-bond donors (Lipinski definition) is 0. The standard InChI is InChI=1S/C31H33Br2ClN4O3S/c32-24-17-23-7-6-22-18-25(34)19-27(33)29(22)31(30(23)35-20-24)37-14-12-36(13-15-37)28(39)16-21-8-10-38(11-9-21)42(40,41)26-4-2-1-3-5-26/h1-5,17-21,31H,6-16H2/t31-/m1/s1. The van der Waals surface area contributed by atoms with Gasteiger partial charge in [-0.2, -0.15) is 4.31 Å². The van der Waals surface area contributed by atoms with E-state index in [2.05, 4.69) is 48.9 Å². The van der Waals surface area contributed by atoms with Crippen molar-refractivity contribution in [3.05, 3.63) is 91.1 Å². The molecule has 0 saturated carbocycles. The number of rotatable bonds is 5. The molecule has 11 heteroatoms. The number of amides is 1. The fourth-order valence-corrected chi connectivity index (χ4v) is 9.51. The van der Waals surface area contributed by atoms with Crippen molar-refractivity contribution in [3.8, 4) is 0 Å². The Morgan fingerprint density at radius 1 is 0.929 bits per heavy atom. The number of carbonyl (C=O) groups is 1. The van der Waals surface area contributed by atoms with Gasteiger partial charge in [-0.1, -0.05) is 45.7 Å². The number of pyridine rings is 1. The lowest BCUT2D eigenvalue weighted by molar-refractivity contribution is -0.134. The van der Waals surface area contributed by atoms with Crippen LogP contribution in [0.3, 0.4) is 0 Å². The van der Waals surface area contributed by atoms with Gasteiger partial charge < -0.3 is 4.90 Å². The number of piperazine rings is 1. The first-order chi connectivity index (χ1) is 20.2. The third-order valence-electron chi connectivity index (χ3n) is 8.79. The Hall–Kier alpha value is -1.82. The van der Waals surface area contributed by atoms with Crippen LogP contribution in [0.2, 0.25) is 5.02 Å². The van der Waals surface area contributed by atoms with Crippen molar-refractivity contribution in [1.29, 1.82) is 0 Å². The molecule has 2 fully saturated rings. The maximum absolute atomic E-state index is 13.4. The first-order valence-electron chi connectivity index (χ1n) is 14.4. The molecule has 2 saturated heterocycles. The second-order valence-electron chi connectivity index (χ2n) is 11.3. The summed E-state index contributed by atoms with van der Waals surface area (Å²) >= 11 is 13.9. The van der Waals surface area contributed by atoms with Crippen LogP contribution in [0.5, 0.6) is 0 Å². The van der Waals surface area contributed by atoms with Crippen molar-refractivity contribution in [2.24, 2.45) is 5.92 Å². The lowest BCUT2D eigenvalue weighted by Crippen LogP contribution is -2.50. The fourth-order valence-electron chi connectivity index (χ4n) is 6.55. The molecule has 0 bridgehead atoms. The molecule has 0 radical (unpaired) electrons. The van der Waals surface area contributed by atoms with Crippen LogP contribution in [-0.4, -0.2) is 72.7 Å². The number of sulfonamides is 1. The first-order valence-corrected chi connectivity index (χ1v) is 17.8. The van der Waals surface area contributed by atoms with Gasteiger partial charge in [-0.3, -0.25) is 14.7 Å². The van der Waals surface area contributed by atoms with E-state index in [-0.39, 0.29) is 17.9 Å². The van der Waals surface area contributed by atoms with Crippen LogP contribution >= 0.6 is 43.5 Å². The van der Waals surface area contributed by atoms with Crippen LogP contribution in [0.4, 0.5) is 0 Å². The molecule has 42 heavy (non-hydrogen) atoms. The van der Waals surface area contributed by atoms with E-state index >= 15 is 0 Å². The lowest BCUT2D eigenvalue weighted by Gasteiger charge is -2.40. The highest BCUT2D eigenvalue weighted by atomic mass is 79.9. The van der Waals surface area contributed by atoms with Crippen molar-refractivity contribution in [2.75, 3.05) is 39.3 Å². The number of carbonyl (C=O) groups excluding carboxylic acids is 1. The van der Waals surface area contributed by atoms with Gasteiger partial charge in [0, 0.05) is 65.9 Å². The molecule has 3 heterocycles. The number of fused-ring (bicyclic) bond motifs is 2. The molecule has 3 aliphatic rings. The number of nitrogens with zero attached hydrogens (tertiary/aromatic N) is 4. The van der Waals surface area contributed by atoms with Crippen LogP contribution in [-0.2, 0) is 27.7 Å². The highest BCUT2D eigenvalue weighted by Crippen LogP contribution is 2.42. The van der Waals surface area contributed by atoms with E-state index in [1.54, 1.807) is 28.6 Å². The summed E-state index contributed by atoms with van der Waals surface area (Å²) in [5.74, 6) is 0.359. The average molecular weight is 737 g/mol. The molecular formula is C31H33Br2ClN4O3S.